The number of anilines is 1. The number of carbonyl (C=O) groups is 2. The molecule has 11 nitrogen and oxygen atoms in total. The number of non-ortho nitro benzene ring substituents is 2. The zero-order valence-corrected chi connectivity index (χ0v) is 16.2. The van der Waals surface area contributed by atoms with E-state index in [0.29, 0.717) is 17.9 Å². The van der Waals surface area contributed by atoms with Crippen LogP contribution in [-0.4, -0.2) is 31.4 Å². The van der Waals surface area contributed by atoms with Gasteiger partial charge in [0.2, 0.25) is 0 Å². The summed E-state index contributed by atoms with van der Waals surface area (Å²) in [4.78, 5) is 48.9. The molecule has 0 bridgehead atoms. The molecule has 1 aromatic heterocycles. The van der Waals surface area contributed by atoms with E-state index in [4.69, 9.17) is 0 Å². The Kier molecular flexibility index (Phi) is 4.12. The van der Waals surface area contributed by atoms with Gasteiger partial charge in [0.25, 0.3) is 23.2 Å². The van der Waals surface area contributed by atoms with Crippen LogP contribution in [0.4, 0.5) is 17.1 Å². The Morgan fingerprint density at radius 3 is 1.83 bits per heavy atom. The van der Waals surface area contributed by atoms with Crippen molar-refractivity contribution in [1.82, 2.24) is 9.78 Å². The first-order chi connectivity index (χ1) is 14.1. The van der Waals surface area contributed by atoms with Crippen molar-refractivity contribution in [1.29, 1.82) is 0 Å². The van der Waals surface area contributed by atoms with Crippen LogP contribution in [0.3, 0.4) is 0 Å². The maximum absolute atomic E-state index is 13.3. The molecule has 0 N–H and O–H groups in total. The Morgan fingerprint density at radius 2 is 1.43 bits per heavy atom. The van der Waals surface area contributed by atoms with Crippen LogP contribution in [0.1, 0.15) is 39.0 Å². The molecule has 3 aromatic rings. The molecule has 0 radical (unpaired) electrons. The average molecular weight is 409 g/mol. The molecule has 1 aliphatic rings. The van der Waals surface area contributed by atoms with Crippen LogP contribution < -0.4 is 4.90 Å². The van der Waals surface area contributed by atoms with Gasteiger partial charge in [0.05, 0.1) is 38.0 Å². The quantitative estimate of drug-likeness (QED) is 0.365. The minimum Gasteiger partial charge on any atom is -0.268 e. The number of nitrogens with zero attached hydrogens (tertiary/aromatic N) is 5. The molecule has 0 aliphatic carbocycles. The van der Waals surface area contributed by atoms with E-state index in [9.17, 15) is 29.8 Å². The van der Waals surface area contributed by atoms with Gasteiger partial charge in [0.15, 0.2) is 0 Å². The lowest BCUT2D eigenvalue weighted by molar-refractivity contribution is -0.385. The number of benzene rings is 2. The standard InChI is InChI=1S/C19H15N5O6/c1-4-21-10(3)17(9(2)20-21)22-18(25)14-7-12(23(27)28)5-11-6-13(24(29)30)8-15(16(11)14)19(22)26/h5-8H,4H2,1-3H3. The fourth-order valence-electron chi connectivity index (χ4n) is 3.89. The van der Waals surface area contributed by atoms with E-state index in [0.717, 1.165) is 29.2 Å². The Labute approximate surface area is 168 Å². The molecular weight excluding hydrogens is 394 g/mol. The predicted octanol–water partition coefficient (Wildman–Crippen LogP) is 3.29. The van der Waals surface area contributed by atoms with Gasteiger partial charge in [0.1, 0.15) is 0 Å². The lowest BCUT2D eigenvalue weighted by atomic mass is 9.92. The summed E-state index contributed by atoms with van der Waals surface area (Å²) >= 11 is 0. The van der Waals surface area contributed by atoms with Gasteiger partial charge in [-0.3, -0.25) is 34.5 Å². The first kappa shape index (κ1) is 19.2. The van der Waals surface area contributed by atoms with Crippen molar-refractivity contribution in [3.05, 3.63) is 67.0 Å². The number of rotatable bonds is 4. The van der Waals surface area contributed by atoms with Crippen molar-refractivity contribution in [2.75, 3.05) is 4.90 Å². The maximum Gasteiger partial charge on any atom is 0.270 e. The van der Waals surface area contributed by atoms with Crippen molar-refractivity contribution in [3.8, 4) is 0 Å². The van der Waals surface area contributed by atoms with E-state index >= 15 is 0 Å². The zero-order valence-electron chi connectivity index (χ0n) is 16.2. The number of hydrogen-bond donors (Lipinski definition) is 0. The molecule has 4 rings (SSSR count). The first-order valence-electron chi connectivity index (χ1n) is 8.99. The third kappa shape index (κ3) is 2.55. The second kappa shape index (κ2) is 6.44. The average Bonchev–Trinajstić information content (AvgIpc) is 2.99. The minimum absolute atomic E-state index is 0.0632. The maximum atomic E-state index is 13.3. The minimum atomic E-state index is -0.739. The summed E-state index contributed by atoms with van der Waals surface area (Å²) in [6.45, 7) is 5.70. The van der Waals surface area contributed by atoms with Crippen LogP contribution in [0.25, 0.3) is 10.8 Å². The topological polar surface area (TPSA) is 141 Å². The lowest BCUT2D eigenvalue weighted by Gasteiger charge is -2.27. The van der Waals surface area contributed by atoms with Gasteiger partial charge >= 0.3 is 0 Å². The second-order valence-corrected chi connectivity index (χ2v) is 6.88. The molecule has 0 fully saturated rings. The van der Waals surface area contributed by atoms with Crippen molar-refractivity contribution >= 4 is 39.6 Å². The third-order valence-electron chi connectivity index (χ3n) is 5.17. The molecule has 0 saturated heterocycles. The van der Waals surface area contributed by atoms with Gasteiger partial charge in [-0.15, -0.1) is 0 Å². The van der Waals surface area contributed by atoms with Crippen LogP contribution in [-0.2, 0) is 6.54 Å². The van der Waals surface area contributed by atoms with Gasteiger partial charge in [-0.1, -0.05) is 0 Å². The van der Waals surface area contributed by atoms with Gasteiger partial charge < -0.3 is 0 Å². The molecule has 2 heterocycles. The lowest BCUT2D eigenvalue weighted by Crippen LogP contribution is -2.41. The number of nitro benzene ring substituents is 2. The molecule has 30 heavy (non-hydrogen) atoms. The van der Waals surface area contributed by atoms with Crippen LogP contribution in [0.2, 0.25) is 0 Å². The monoisotopic (exact) mass is 409 g/mol. The highest BCUT2D eigenvalue weighted by Crippen LogP contribution is 2.39. The number of amides is 2. The van der Waals surface area contributed by atoms with E-state index in [1.165, 1.54) is 0 Å². The smallest absolute Gasteiger partial charge is 0.268 e. The van der Waals surface area contributed by atoms with Gasteiger partial charge in [-0.25, -0.2) is 4.90 Å². The van der Waals surface area contributed by atoms with Crippen LogP contribution >= 0.6 is 0 Å². The Hall–Kier alpha value is -4.15. The highest BCUT2D eigenvalue weighted by atomic mass is 16.6. The summed E-state index contributed by atoms with van der Waals surface area (Å²) in [6.07, 6.45) is 0. The third-order valence-corrected chi connectivity index (χ3v) is 5.17. The van der Waals surface area contributed by atoms with E-state index in [1.807, 2.05) is 6.92 Å². The molecular formula is C19H15N5O6. The Balaban J connectivity index is 2.08. The van der Waals surface area contributed by atoms with Gasteiger partial charge in [-0.05, 0) is 26.2 Å². The SMILES string of the molecule is CCn1nc(C)c(N2C(=O)c3cc([N+](=O)[O-])cc4cc([N+](=O)[O-])cc(c34)C2=O)c1C. The van der Waals surface area contributed by atoms with E-state index < -0.39 is 33.0 Å². The normalized spacial score (nSPS) is 13.2. The number of aryl methyl sites for hydroxylation is 2. The number of carbonyl (C=O) groups excluding carboxylic acids is 2. The van der Waals surface area contributed by atoms with Crippen molar-refractivity contribution in [2.45, 2.75) is 27.3 Å². The zero-order chi connectivity index (χ0) is 21.9. The van der Waals surface area contributed by atoms with E-state index in [2.05, 4.69) is 5.10 Å². The Morgan fingerprint density at radius 1 is 0.933 bits per heavy atom. The first-order valence-corrected chi connectivity index (χ1v) is 8.99. The summed E-state index contributed by atoms with van der Waals surface area (Å²) in [5.41, 5.74) is 0.328. The van der Waals surface area contributed by atoms with E-state index in [1.54, 1.807) is 18.5 Å². The van der Waals surface area contributed by atoms with Gasteiger partial charge in [-0.2, -0.15) is 5.10 Å². The van der Waals surface area contributed by atoms with Gasteiger partial charge in [0, 0.05) is 36.2 Å². The fraction of sp³-hybridized carbons (Fsp3) is 0.211. The number of nitro groups is 2. The van der Waals surface area contributed by atoms with Crippen molar-refractivity contribution in [2.24, 2.45) is 0 Å². The number of imide groups is 1. The molecule has 152 valence electrons. The molecule has 2 aromatic carbocycles. The number of hydrogen-bond acceptors (Lipinski definition) is 7. The summed E-state index contributed by atoms with van der Waals surface area (Å²) in [6, 6.07) is 4.43. The molecule has 0 unspecified atom stereocenters. The highest BCUT2D eigenvalue weighted by molar-refractivity contribution is 6.36. The second-order valence-electron chi connectivity index (χ2n) is 6.88. The molecule has 0 saturated carbocycles. The van der Waals surface area contributed by atoms with Crippen molar-refractivity contribution in [3.63, 3.8) is 0 Å². The molecule has 0 spiro atoms. The summed E-state index contributed by atoms with van der Waals surface area (Å²) < 4.78 is 1.62. The fourth-order valence-corrected chi connectivity index (χ4v) is 3.89. The number of aromatic nitrogens is 2. The van der Waals surface area contributed by atoms with Crippen LogP contribution in [0.5, 0.6) is 0 Å². The summed E-state index contributed by atoms with van der Waals surface area (Å²) in [5.74, 6) is -1.48. The van der Waals surface area contributed by atoms with Crippen LogP contribution in [0, 0.1) is 34.1 Å². The molecule has 2 amide bonds. The van der Waals surface area contributed by atoms with E-state index in [-0.39, 0.29) is 27.6 Å². The molecule has 1 aliphatic heterocycles. The summed E-state index contributed by atoms with van der Waals surface area (Å²) in [5, 5.41) is 27.3. The van der Waals surface area contributed by atoms with Crippen LogP contribution in [0.15, 0.2) is 24.3 Å². The van der Waals surface area contributed by atoms with Crippen molar-refractivity contribution < 1.29 is 19.4 Å². The molecule has 0 atom stereocenters. The molecule has 11 heteroatoms. The predicted molar refractivity (Wildman–Crippen MR) is 106 cm³/mol. The highest BCUT2D eigenvalue weighted by Gasteiger charge is 2.39. The Bertz CT molecular complexity index is 1240. The summed E-state index contributed by atoms with van der Waals surface area (Å²) in [7, 11) is 0. The largest absolute Gasteiger partial charge is 0.270 e.